The molecule has 2 aromatic carbocycles. The minimum Gasteiger partial charge on any atom is -0.493 e. The third-order valence-corrected chi connectivity index (χ3v) is 4.95. The zero-order valence-electron chi connectivity index (χ0n) is 18.1. The van der Waals surface area contributed by atoms with Gasteiger partial charge in [-0.3, -0.25) is 9.59 Å². The molecule has 0 unspecified atom stereocenters. The Bertz CT molecular complexity index is 920. The van der Waals surface area contributed by atoms with E-state index >= 15 is 0 Å². The fraction of sp³-hybridized carbons (Fsp3) is 0.318. The first-order valence-corrected chi connectivity index (χ1v) is 10.3. The maximum atomic E-state index is 12.8. The lowest BCUT2D eigenvalue weighted by Crippen LogP contribution is -2.48. The van der Waals surface area contributed by atoms with Crippen molar-refractivity contribution >= 4 is 34.0 Å². The van der Waals surface area contributed by atoms with Crippen LogP contribution in [0.1, 0.15) is 29.8 Å². The summed E-state index contributed by atoms with van der Waals surface area (Å²) >= 11 is 3.36. The fourth-order valence-corrected chi connectivity index (χ4v) is 3.02. The molecule has 0 bridgehead atoms. The van der Waals surface area contributed by atoms with Gasteiger partial charge in [-0.1, -0.05) is 41.9 Å². The molecule has 0 saturated heterocycles. The highest BCUT2D eigenvalue weighted by Gasteiger charge is 2.26. The molecule has 2 rings (SSSR count). The van der Waals surface area contributed by atoms with Crippen molar-refractivity contribution < 1.29 is 23.8 Å². The van der Waals surface area contributed by atoms with E-state index in [0.717, 1.165) is 10.0 Å². The summed E-state index contributed by atoms with van der Waals surface area (Å²) in [7, 11) is 4.41. The van der Waals surface area contributed by atoms with Gasteiger partial charge in [0, 0.05) is 10.0 Å². The predicted molar refractivity (Wildman–Crippen MR) is 122 cm³/mol. The van der Waals surface area contributed by atoms with Crippen LogP contribution < -0.4 is 25.0 Å². The fourth-order valence-electron chi connectivity index (χ4n) is 2.76. The Morgan fingerprint density at radius 2 is 1.58 bits per heavy atom. The SMILES string of the molecule is COc1cc(C(=O)N[C@H](C(=O)N/N=C\c2ccc(Br)cc2)C(C)C)cc(OC)c1OC. The molecule has 2 N–H and O–H groups in total. The summed E-state index contributed by atoms with van der Waals surface area (Å²) in [5, 5.41) is 6.73. The molecule has 0 heterocycles. The van der Waals surface area contributed by atoms with Crippen LogP contribution in [-0.2, 0) is 4.79 Å². The molecule has 166 valence electrons. The number of halogens is 1. The lowest BCUT2D eigenvalue weighted by atomic mass is 10.0. The third-order valence-electron chi connectivity index (χ3n) is 4.42. The normalized spacial score (nSPS) is 11.8. The number of nitrogens with one attached hydrogen (secondary N) is 2. The number of carbonyl (C=O) groups is 2. The van der Waals surface area contributed by atoms with Crippen LogP contribution in [0.2, 0.25) is 0 Å². The topological polar surface area (TPSA) is 98.2 Å². The number of rotatable bonds is 9. The maximum Gasteiger partial charge on any atom is 0.262 e. The third kappa shape index (κ3) is 6.45. The lowest BCUT2D eigenvalue weighted by Gasteiger charge is -2.21. The van der Waals surface area contributed by atoms with Crippen LogP contribution in [0.4, 0.5) is 0 Å². The van der Waals surface area contributed by atoms with Crippen molar-refractivity contribution in [1.29, 1.82) is 0 Å². The van der Waals surface area contributed by atoms with E-state index in [1.165, 1.54) is 39.7 Å². The number of nitrogens with zero attached hydrogens (tertiary/aromatic N) is 1. The molecule has 9 heteroatoms. The average Bonchev–Trinajstić information content (AvgIpc) is 2.77. The highest BCUT2D eigenvalue weighted by molar-refractivity contribution is 9.10. The molecule has 0 radical (unpaired) electrons. The summed E-state index contributed by atoms with van der Waals surface area (Å²) in [6.07, 6.45) is 1.53. The van der Waals surface area contributed by atoms with E-state index in [9.17, 15) is 9.59 Å². The number of methoxy groups -OCH3 is 3. The summed E-state index contributed by atoms with van der Waals surface area (Å²) in [5.41, 5.74) is 3.58. The zero-order chi connectivity index (χ0) is 23.0. The highest BCUT2D eigenvalue weighted by atomic mass is 79.9. The smallest absolute Gasteiger partial charge is 0.262 e. The Labute approximate surface area is 190 Å². The Morgan fingerprint density at radius 3 is 2.06 bits per heavy atom. The van der Waals surface area contributed by atoms with E-state index < -0.39 is 17.9 Å². The second kappa shape index (κ2) is 11.4. The van der Waals surface area contributed by atoms with Gasteiger partial charge in [-0.05, 0) is 35.7 Å². The molecule has 2 amide bonds. The molecule has 0 spiro atoms. The number of benzene rings is 2. The van der Waals surface area contributed by atoms with Gasteiger partial charge in [-0.15, -0.1) is 0 Å². The van der Waals surface area contributed by atoms with Gasteiger partial charge in [0.25, 0.3) is 11.8 Å². The first-order valence-electron chi connectivity index (χ1n) is 9.50. The number of hydrogen-bond acceptors (Lipinski definition) is 6. The first-order chi connectivity index (χ1) is 14.8. The minimum absolute atomic E-state index is 0.172. The van der Waals surface area contributed by atoms with Crippen LogP contribution in [0.5, 0.6) is 17.2 Å². The van der Waals surface area contributed by atoms with Crippen LogP contribution in [0.15, 0.2) is 46.0 Å². The summed E-state index contributed by atoms with van der Waals surface area (Å²) in [6, 6.07) is 9.71. The van der Waals surface area contributed by atoms with Gasteiger partial charge in [0.2, 0.25) is 5.75 Å². The molecule has 0 aromatic heterocycles. The van der Waals surface area contributed by atoms with Crippen LogP contribution in [0.25, 0.3) is 0 Å². The molecule has 0 saturated carbocycles. The van der Waals surface area contributed by atoms with E-state index in [-0.39, 0.29) is 11.5 Å². The number of hydrogen-bond donors (Lipinski definition) is 2. The van der Waals surface area contributed by atoms with Crippen molar-refractivity contribution in [3.63, 3.8) is 0 Å². The second-order valence-corrected chi connectivity index (χ2v) is 7.81. The van der Waals surface area contributed by atoms with E-state index in [2.05, 4.69) is 31.8 Å². The molecule has 8 nitrogen and oxygen atoms in total. The predicted octanol–water partition coefficient (Wildman–Crippen LogP) is 3.38. The molecule has 0 aliphatic rings. The minimum atomic E-state index is -0.798. The zero-order valence-corrected chi connectivity index (χ0v) is 19.6. The Balaban J connectivity index is 2.14. The number of hydrazone groups is 1. The van der Waals surface area contributed by atoms with Crippen molar-refractivity contribution in [3.05, 3.63) is 52.0 Å². The summed E-state index contributed by atoms with van der Waals surface area (Å²) in [6.45, 7) is 3.66. The largest absolute Gasteiger partial charge is 0.493 e. The first kappa shape index (κ1) is 24.2. The van der Waals surface area contributed by atoms with Gasteiger partial charge in [0.1, 0.15) is 6.04 Å². The monoisotopic (exact) mass is 491 g/mol. The molecule has 31 heavy (non-hydrogen) atoms. The van der Waals surface area contributed by atoms with Gasteiger partial charge in [-0.25, -0.2) is 5.43 Å². The van der Waals surface area contributed by atoms with Gasteiger partial charge >= 0.3 is 0 Å². The number of carbonyl (C=O) groups excluding carboxylic acids is 2. The van der Waals surface area contributed by atoms with E-state index in [1.807, 2.05) is 38.1 Å². The van der Waals surface area contributed by atoms with Crippen LogP contribution in [-0.4, -0.2) is 45.4 Å². The molecule has 0 aliphatic carbocycles. The summed E-state index contributed by atoms with van der Waals surface area (Å²) < 4.78 is 16.8. The van der Waals surface area contributed by atoms with Crippen LogP contribution in [0, 0.1) is 5.92 Å². The van der Waals surface area contributed by atoms with Crippen LogP contribution >= 0.6 is 15.9 Å². The average molecular weight is 492 g/mol. The number of amides is 2. The van der Waals surface area contributed by atoms with Crippen molar-refractivity contribution in [1.82, 2.24) is 10.7 Å². The maximum absolute atomic E-state index is 12.8. The van der Waals surface area contributed by atoms with E-state index in [0.29, 0.717) is 17.2 Å². The Morgan fingerprint density at radius 1 is 1.00 bits per heavy atom. The number of ether oxygens (including phenoxy) is 3. The molecule has 0 fully saturated rings. The van der Waals surface area contributed by atoms with Gasteiger partial charge in [-0.2, -0.15) is 5.10 Å². The van der Waals surface area contributed by atoms with Gasteiger partial charge in [0.05, 0.1) is 27.5 Å². The van der Waals surface area contributed by atoms with Crippen LogP contribution in [0.3, 0.4) is 0 Å². The van der Waals surface area contributed by atoms with Crippen molar-refractivity contribution in [3.8, 4) is 17.2 Å². The molecular formula is C22H26BrN3O5. The Kier molecular flexibility index (Phi) is 8.87. The van der Waals surface area contributed by atoms with Gasteiger partial charge in [0.15, 0.2) is 11.5 Å². The molecular weight excluding hydrogens is 466 g/mol. The quantitative estimate of drug-likeness (QED) is 0.413. The lowest BCUT2D eigenvalue weighted by molar-refractivity contribution is -0.123. The van der Waals surface area contributed by atoms with E-state index in [1.54, 1.807) is 0 Å². The standard InChI is InChI=1S/C22H26BrN3O5/c1-13(2)19(22(28)26-24-12-14-6-8-16(23)9-7-14)25-21(27)15-10-17(29-3)20(31-5)18(11-15)30-4/h6-13,19H,1-5H3,(H,25,27)(H,26,28)/b24-12-/t19-/m0/s1. The van der Waals surface area contributed by atoms with Gasteiger partial charge < -0.3 is 19.5 Å². The molecule has 1 atom stereocenters. The van der Waals surface area contributed by atoms with E-state index in [4.69, 9.17) is 14.2 Å². The van der Waals surface area contributed by atoms with Crippen molar-refractivity contribution in [2.24, 2.45) is 11.0 Å². The molecule has 2 aromatic rings. The van der Waals surface area contributed by atoms with Crippen molar-refractivity contribution in [2.45, 2.75) is 19.9 Å². The van der Waals surface area contributed by atoms with Crippen molar-refractivity contribution in [2.75, 3.05) is 21.3 Å². The summed E-state index contributed by atoms with van der Waals surface area (Å²) in [5.74, 6) is 0.0123. The second-order valence-electron chi connectivity index (χ2n) is 6.89. The summed E-state index contributed by atoms with van der Waals surface area (Å²) in [4.78, 5) is 25.5. The highest BCUT2D eigenvalue weighted by Crippen LogP contribution is 2.38. The Hall–Kier alpha value is -3.07. The molecule has 0 aliphatic heterocycles.